The second-order valence-electron chi connectivity index (χ2n) is 5.70. The smallest absolute Gasteiger partial charge is 0.239 e. The van der Waals surface area contributed by atoms with Crippen LogP contribution in [0.1, 0.15) is 34.6 Å². The van der Waals surface area contributed by atoms with Crippen molar-refractivity contribution in [3.8, 4) is 0 Å². The fourth-order valence-electron chi connectivity index (χ4n) is 2.22. The largest absolute Gasteiger partial charge is 0.368 e. The first kappa shape index (κ1) is 13.7. The van der Waals surface area contributed by atoms with E-state index in [9.17, 15) is 9.59 Å². The van der Waals surface area contributed by atoms with Gasteiger partial charge in [-0.25, -0.2) is 0 Å². The molecular weight excluding hydrogens is 216 g/mol. The molecule has 3 unspecified atom stereocenters. The minimum Gasteiger partial charge on any atom is -0.368 e. The molecule has 4 heteroatoms. The molecule has 3 N–H and O–H groups in total. The first-order valence-corrected chi connectivity index (χ1v) is 5.92. The second kappa shape index (κ2) is 4.51. The van der Waals surface area contributed by atoms with E-state index in [-0.39, 0.29) is 23.2 Å². The molecule has 1 saturated carbocycles. The average molecular weight is 238 g/mol. The van der Waals surface area contributed by atoms with Crippen LogP contribution < -0.4 is 11.1 Å². The minimum absolute atomic E-state index is 0.0290. The van der Waals surface area contributed by atoms with Crippen LogP contribution in [-0.4, -0.2) is 17.9 Å². The molecule has 0 bridgehead atoms. The number of carbonyl (C=O) groups excluding carboxylic acids is 2. The van der Waals surface area contributed by atoms with Gasteiger partial charge in [-0.3, -0.25) is 9.59 Å². The monoisotopic (exact) mass is 238 g/mol. The van der Waals surface area contributed by atoms with Crippen LogP contribution in [0.5, 0.6) is 0 Å². The fourth-order valence-corrected chi connectivity index (χ4v) is 2.22. The zero-order chi connectivity index (χ0) is 13.4. The quantitative estimate of drug-likeness (QED) is 0.723. The van der Waals surface area contributed by atoms with E-state index >= 15 is 0 Å². The van der Waals surface area contributed by atoms with Crippen LogP contribution in [0.4, 0.5) is 0 Å². The number of allylic oxidation sites excluding steroid dienone is 2. The highest BCUT2D eigenvalue weighted by Gasteiger charge is 2.60. The zero-order valence-corrected chi connectivity index (χ0v) is 11.2. The summed E-state index contributed by atoms with van der Waals surface area (Å²) in [5, 5.41) is 2.66. The van der Waals surface area contributed by atoms with E-state index in [0.29, 0.717) is 0 Å². The van der Waals surface area contributed by atoms with Gasteiger partial charge in [0.25, 0.3) is 0 Å². The van der Waals surface area contributed by atoms with Gasteiger partial charge in [0.2, 0.25) is 11.8 Å². The Kier molecular flexibility index (Phi) is 3.65. The third-order valence-corrected chi connectivity index (χ3v) is 3.49. The van der Waals surface area contributed by atoms with Crippen LogP contribution in [0, 0.1) is 17.3 Å². The first-order valence-electron chi connectivity index (χ1n) is 5.92. The molecular formula is C13H22N2O2. The van der Waals surface area contributed by atoms with Gasteiger partial charge in [-0.15, -0.1) is 0 Å². The Morgan fingerprint density at radius 3 is 2.29 bits per heavy atom. The summed E-state index contributed by atoms with van der Waals surface area (Å²) in [6.07, 6.45) is 2.12. The Morgan fingerprint density at radius 1 is 1.35 bits per heavy atom. The number of nitrogens with two attached hydrogens (primary N) is 1. The van der Waals surface area contributed by atoms with Crippen molar-refractivity contribution in [1.29, 1.82) is 0 Å². The van der Waals surface area contributed by atoms with Crippen LogP contribution in [0.3, 0.4) is 0 Å². The normalized spacial score (nSPS) is 26.9. The molecule has 3 atom stereocenters. The van der Waals surface area contributed by atoms with Crippen molar-refractivity contribution in [1.82, 2.24) is 5.32 Å². The van der Waals surface area contributed by atoms with Gasteiger partial charge in [0.1, 0.15) is 6.04 Å². The molecule has 0 spiro atoms. The third-order valence-electron chi connectivity index (χ3n) is 3.49. The van der Waals surface area contributed by atoms with Crippen LogP contribution >= 0.6 is 0 Å². The molecule has 0 aliphatic heterocycles. The van der Waals surface area contributed by atoms with Crippen molar-refractivity contribution >= 4 is 11.8 Å². The number of rotatable bonds is 4. The number of primary amides is 1. The van der Waals surface area contributed by atoms with Gasteiger partial charge in [-0.1, -0.05) is 25.5 Å². The van der Waals surface area contributed by atoms with E-state index in [4.69, 9.17) is 5.73 Å². The van der Waals surface area contributed by atoms with Crippen molar-refractivity contribution in [2.45, 2.75) is 40.7 Å². The van der Waals surface area contributed by atoms with Gasteiger partial charge in [0.15, 0.2) is 0 Å². The van der Waals surface area contributed by atoms with Crippen LogP contribution in [0.25, 0.3) is 0 Å². The molecule has 1 rings (SSSR count). The lowest BCUT2D eigenvalue weighted by Crippen LogP contribution is -2.43. The van der Waals surface area contributed by atoms with Gasteiger partial charge < -0.3 is 11.1 Å². The number of hydrogen-bond donors (Lipinski definition) is 2. The average Bonchev–Trinajstić information content (AvgIpc) is 2.66. The van der Waals surface area contributed by atoms with Gasteiger partial charge in [-0.2, -0.15) is 0 Å². The van der Waals surface area contributed by atoms with Gasteiger partial charge in [-0.05, 0) is 32.1 Å². The molecule has 0 radical (unpaired) electrons. The lowest BCUT2D eigenvalue weighted by molar-refractivity contribution is -0.128. The number of hydrogen-bond acceptors (Lipinski definition) is 2. The lowest BCUT2D eigenvalue weighted by atomic mass is 10.1. The number of nitrogens with one attached hydrogen (secondary N) is 1. The topological polar surface area (TPSA) is 72.2 Å². The van der Waals surface area contributed by atoms with E-state index in [0.717, 1.165) is 0 Å². The third kappa shape index (κ3) is 2.87. The highest BCUT2D eigenvalue weighted by atomic mass is 16.2. The molecule has 4 nitrogen and oxygen atoms in total. The first-order chi connectivity index (χ1) is 7.67. The molecule has 1 aliphatic rings. The summed E-state index contributed by atoms with van der Waals surface area (Å²) < 4.78 is 0. The predicted molar refractivity (Wildman–Crippen MR) is 67.0 cm³/mol. The van der Waals surface area contributed by atoms with E-state index in [2.05, 4.69) is 25.2 Å². The molecule has 0 aromatic carbocycles. The lowest BCUT2D eigenvalue weighted by Gasteiger charge is -2.10. The Balaban J connectivity index is 2.67. The molecule has 17 heavy (non-hydrogen) atoms. The van der Waals surface area contributed by atoms with Crippen molar-refractivity contribution < 1.29 is 9.59 Å². The highest BCUT2D eigenvalue weighted by molar-refractivity contribution is 5.89. The highest BCUT2D eigenvalue weighted by Crippen LogP contribution is 2.59. The maximum absolute atomic E-state index is 12.0. The molecule has 1 fully saturated rings. The van der Waals surface area contributed by atoms with Crippen LogP contribution in [-0.2, 0) is 9.59 Å². The van der Waals surface area contributed by atoms with Crippen LogP contribution in [0.15, 0.2) is 11.6 Å². The summed E-state index contributed by atoms with van der Waals surface area (Å²) in [6.45, 7) is 9.78. The Labute approximate surface area is 103 Å². The van der Waals surface area contributed by atoms with Gasteiger partial charge in [0, 0.05) is 0 Å². The van der Waals surface area contributed by atoms with Crippen LogP contribution in [0.2, 0.25) is 0 Å². The summed E-state index contributed by atoms with van der Waals surface area (Å²) in [4.78, 5) is 22.9. The zero-order valence-electron chi connectivity index (χ0n) is 11.2. The van der Waals surface area contributed by atoms with Crippen molar-refractivity contribution in [2.24, 2.45) is 23.0 Å². The number of carbonyl (C=O) groups is 2. The van der Waals surface area contributed by atoms with Crippen molar-refractivity contribution in [3.05, 3.63) is 11.6 Å². The maximum atomic E-state index is 12.0. The molecule has 0 heterocycles. The molecule has 96 valence electrons. The standard InChI is InChI=1S/C13H22N2O2/c1-7(2)6-9-10(13(9,4)5)12(17)15-8(3)11(14)16/h6,8-10H,1-5H3,(H2,14,16)(H,15,17). The van der Waals surface area contributed by atoms with E-state index in [1.54, 1.807) is 6.92 Å². The van der Waals surface area contributed by atoms with Crippen molar-refractivity contribution in [2.75, 3.05) is 0 Å². The molecule has 0 aromatic heterocycles. The molecule has 1 aliphatic carbocycles. The summed E-state index contributed by atoms with van der Waals surface area (Å²) in [5.74, 6) is -0.383. The number of amides is 2. The predicted octanol–water partition coefficient (Wildman–Crippen LogP) is 1.21. The van der Waals surface area contributed by atoms with E-state index in [1.807, 2.05) is 13.8 Å². The van der Waals surface area contributed by atoms with E-state index < -0.39 is 11.9 Å². The Hall–Kier alpha value is -1.32. The second-order valence-corrected chi connectivity index (χ2v) is 5.70. The van der Waals surface area contributed by atoms with Crippen molar-refractivity contribution in [3.63, 3.8) is 0 Å². The summed E-state index contributed by atoms with van der Waals surface area (Å²) >= 11 is 0. The SMILES string of the molecule is CC(C)=CC1C(C(=O)NC(C)C(N)=O)C1(C)C. The molecule has 0 saturated heterocycles. The van der Waals surface area contributed by atoms with Gasteiger partial charge >= 0.3 is 0 Å². The van der Waals surface area contributed by atoms with Gasteiger partial charge in [0.05, 0.1) is 5.92 Å². The minimum atomic E-state index is -0.605. The summed E-state index contributed by atoms with van der Waals surface area (Å²) in [6, 6.07) is -0.605. The summed E-state index contributed by atoms with van der Waals surface area (Å²) in [5.41, 5.74) is 6.30. The fraction of sp³-hybridized carbons (Fsp3) is 0.692. The Morgan fingerprint density at radius 2 is 1.88 bits per heavy atom. The molecule has 2 amide bonds. The van der Waals surface area contributed by atoms with E-state index in [1.165, 1.54) is 5.57 Å². The maximum Gasteiger partial charge on any atom is 0.239 e. The molecule has 0 aromatic rings. The summed E-state index contributed by atoms with van der Waals surface area (Å²) in [7, 11) is 0. The Bertz CT molecular complexity index is 368.